The fraction of sp³-hybridized carbons (Fsp3) is 0.214. The van der Waals surface area contributed by atoms with Crippen LogP contribution in [0.15, 0.2) is 96.7 Å². The van der Waals surface area contributed by atoms with E-state index in [0.717, 1.165) is 16.7 Å². The lowest BCUT2D eigenvalue weighted by molar-refractivity contribution is -0.245. The van der Waals surface area contributed by atoms with Gasteiger partial charge in [0.15, 0.2) is 11.4 Å². The zero-order chi connectivity index (χ0) is 25.5. The van der Waals surface area contributed by atoms with Crippen LogP contribution in [0, 0.1) is 0 Å². The molecule has 9 heteroatoms. The van der Waals surface area contributed by atoms with Crippen molar-refractivity contribution in [1.82, 2.24) is 15.0 Å². The number of nitrogens with zero attached hydrogens (tertiary/aromatic N) is 3. The molecule has 0 bridgehead atoms. The fourth-order valence-corrected chi connectivity index (χ4v) is 4.79. The SMILES string of the molecule is O=C(Nc1ccc([C@H]2O[C@@H](CSc3ncccn3)C[C@@H](c3ccc(CO)cc3)O2)cc1)c1cccnc1. The first-order valence-electron chi connectivity index (χ1n) is 11.9. The third kappa shape index (κ3) is 6.58. The van der Waals surface area contributed by atoms with Crippen LogP contribution in [0.5, 0.6) is 0 Å². The van der Waals surface area contributed by atoms with Gasteiger partial charge in [0.1, 0.15) is 0 Å². The second-order valence-corrected chi connectivity index (χ2v) is 9.50. The molecule has 5 rings (SSSR count). The predicted molar refractivity (Wildman–Crippen MR) is 140 cm³/mol. The maximum atomic E-state index is 12.4. The molecule has 0 unspecified atom stereocenters. The molecule has 1 aliphatic rings. The molecule has 1 aliphatic heterocycles. The minimum Gasteiger partial charge on any atom is -0.392 e. The number of anilines is 1. The number of aliphatic hydroxyl groups is 1. The Hall–Kier alpha value is -3.63. The number of thioether (sulfide) groups is 1. The molecule has 1 saturated heterocycles. The van der Waals surface area contributed by atoms with Gasteiger partial charge in [-0.25, -0.2) is 9.97 Å². The number of pyridine rings is 1. The number of aliphatic hydroxyl groups excluding tert-OH is 1. The van der Waals surface area contributed by atoms with Gasteiger partial charge in [0.05, 0.1) is 24.4 Å². The number of nitrogens with one attached hydrogen (secondary N) is 1. The number of ether oxygens (including phenoxy) is 2. The largest absolute Gasteiger partial charge is 0.392 e. The smallest absolute Gasteiger partial charge is 0.257 e. The van der Waals surface area contributed by atoms with E-state index in [-0.39, 0.29) is 24.7 Å². The van der Waals surface area contributed by atoms with Crippen molar-refractivity contribution < 1.29 is 19.4 Å². The second-order valence-electron chi connectivity index (χ2n) is 8.51. The first kappa shape index (κ1) is 25.0. The van der Waals surface area contributed by atoms with E-state index < -0.39 is 6.29 Å². The highest BCUT2D eigenvalue weighted by Crippen LogP contribution is 2.39. The Kier molecular flexibility index (Phi) is 8.17. The maximum absolute atomic E-state index is 12.4. The van der Waals surface area contributed by atoms with Crippen LogP contribution in [0.3, 0.4) is 0 Å². The van der Waals surface area contributed by atoms with Crippen molar-refractivity contribution in [3.05, 3.63) is 114 Å². The van der Waals surface area contributed by atoms with E-state index in [1.807, 2.05) is 48.5 Å². The molecule has 0 saturated carbocycles. The lowest BCUT2D eigenvalue weighted by Gasteiger charge is -2.36. The summed E-state index contributed by atoms with van der Waals surface area (Å²) in [6, 6.07) is 20.5. The zero-order valence-corrected chi connectivity index (χ0v) is 20.8. The van der Waals surface area contributed by atoms with Gasteiger partial charge >= 0.3 is 0 Å². The van der Waals surface area contributed by atoms with Gasteiger partial charge in [-0.05, 0) is 41.5 Å². The number of rotatable bonds is 8. The molecule has 2 aromatic heterocycles. The van der Waals surface area contributed by atoms with Crippen LogP contribution in [0.4, 0.5) is 5.69 Å². The first-order chi connectivity index (χ1) is 18.2. The van der Waals surface area contributed by atoms with E-state index in [1.165, 1.54) is 6.20 Å². The number of amides is 1. The maximum Gasteiger partial charge on any atom is 0.257 e. The third-order valence-electron chi connectivity index (χ3n) is 5.92. The van der Waals surface area contributed by atoms with Crippen molar-refractivity contribution >= 4 is 23.4 Å². The van der Waals surface area contributed by atoms with Crippen molar-refractivity contribution in [3.63, 3.8) is 0 Å². The van der Waals surface area contributed by atoms with Crippen LogP contribution < -0.4 is 5.32 Å². The zero-order valence-electron chi connectivity index (χ0n) is 19.9. The molecular weight excluding hydrogens is 488 g/mol. The minimum atomic E-state index is -0.582. The minimum absolute atomic E-state index is 0.00243. The Bertz CT molecular complexity index is 1290. The van der Waals surface area contributed by atoms with Crippen molar-refractivity contribution in [2.75, 3.05) is 11.1 Å². The molecule has 3 atom stereocenters. The van der Waals surface area contributed by atoms with Crippen LogP contribution in [-0.2, 0) is 16.1 Å². The van der Waals surface area contributed by atoms with Crippen molar-refractivity contribution in [3.8, 4) is 0 Å². The number of hydrogen-bond donors (Lipinski definition) is 2. The quantitative estimate of drug-likeness (QED) is 0.251. The third-order valence-corrected chi connectivity index (χ3v) is 6.93. The van der Waals surface area contributed by atoms with Gasteiger partial charge in [0, 0.05) is 48.2 Å². The summed E-state index contributed by atoms with van der Waals surface area (Å²) in [5.74, 6) is 0.451. The van der Waals surface area contributed by atoms with Gasteiger partial charge in [-0.15, -0.1) is 0 Å². The highest BCUT2D eigenvalue weighted by atomic mass is 32.2. The van der Waals surface area contributed by atoms with Crippen molar-refractivity contribution in [2.24, 2.45) is 0 Å². The average Bonchev–Trinajstić information content (AvgIpc) is 2.97. The van der Waals surface area contributed by atoms with E-state index >= 15 is 0 Å². The van der Waals surface area contributed by atoms with Gasteiger partial charge in [-0.2, -0.15) is 0 Å². The fourth-order valence-electron chi connectivity index (χ4n) is 3.97. The lowest BCUT2D eigenvalue weighted by atomic mass is 10.0. The Morgan fingerprint density at radius 2 is 1.70 bits per heavy atom. The average molecular weight is 515 g/mol. The molecule has 1 amide bonds. The summed E-state index contributed by atoms with van der Waals surface area (Å²) in [5, 5.41) is 13.0. The summed E-state index contributed by atoms with van der Waals surface area (Å²) in [6.45, 7) is -0.00243. The van der Waals surface area contributed by atoms with Gasteiger partial charge in [0.25, 0.3) is 5.91 Å². The Balaban J connectivity index is 1.31. The molecule has 2 N–H and O–H groups in total. The predicted octanol–water partition coefficient (Wildman–Crippen LogP) is 4.95. The van der Waals surface area contributed by atoms with E-state index in [0.29, 0.717) is 28.6 Å². The van der Waals surface area contributed by atoms with E-state index in [2.05, 4.69) is 20.3 Å². The monoisotopic (exact) mass is 514 g/mol. The van der Waals surface area contributed by atoms with Gasteiger partial charge in [-0.1, -0.05) is 48.2 Å². The highest BCUT2D eigenvalue weighted by molar-refractivity contribution is 7.99. The lowest BCUT2D eigenvalue weighted by Crippen LogP contribution is -2.31. The van der Waals surface area contributed by atoms with Crippen LogP contribution in [0.1, 0.15) is 45.9 Å². The summed E-state index contributed by atoms with van der Waals surface area (Å²) in [4.78, 5) is 25.0. The molecule has 37 heavy (non-hydrogen) atoms. The number of aromatic nitrogens is 3. The number of carbonyl (C=O) groups excluding carboxylic acids is 1. The van der Waals surface area contributed by atoms with E-state index in [4.69, 9.17) is 9.47 Å². The first-order valence-corrected chi connectivity index (χ1v) is 12.9. The van der Waals surface area contributed by atoms with Gasteiger partial charge in [0.2, 0.25) is 0 Å². The number of carbonyl (C=O) groups is 1. The molecule has 3 heterocycles. The standard InChI is InChI=1S/C28H26N4O4S/c33-17-19-4-6-20(7-5-19)25-15-24(18-37-28-30-13-2-14-31-28)35-27(36-25)21-8-10-23(11-9-21)32-26(34)22-3-1-12-29-16-22/h1-14,16,24-25,27,33H,15,17-18H2,(H,32,34)/t24-,25+,27+/m1/s1. The molecule has 188 valence electrons. The topological polar surface area (TPSA) is 106 Å². The van der Waals surface area contributed by atoms with Crippen LogP contribution >= 0.6 is 11.8 Å². The van der Waals surface area contributed by atoms with Crippen LogP contribution in [-0.4, -0.2) is 37.8 Å². The summed E-state index contributed by atoms with van der Waals surface area (Å²) >= 11 is 1.55. The Morgan fingerprint density at radius 3 is 2.41 bits per heavy atom. The molecule has 0 radical (unpaired) electrons. The highest BCUT2D eigenvalue weighted by Gasteiger charge is 2.32. The van der Waals surface area contributed by atoms with E-state index in [9.17, 15) is 9.90 Å². The van der Waals surface area contributed by atoms with Crippen LogP contribution in [0.2, 0.25) is 0 Å². The van der Waals surface area contributed by atoms with Crippen molar-refractivity contribution in [1.29, 1.82) is 0 Å². The normalized spacial score (nSPS) is 19.3. The number of benzene rings is 2. The summed E-state index contributed by atoms with van der Waals surface area (Å²) in [5.41, 5.74) is 3.88. The summed E-state index contributed by atoms with van der Waals surface area (Å²) < 4.78 is 12.7. The Morgan fingerprint density at radius 1 is 0.946 bits per heavy atom. The molecular formula is C28H26N4O4S. The second kappa shape index (κ2) is 12.1. The number of hydrogen-bond acceptors (Lipinski definition) is 8. The summed E-state index contributed by atoms with van der Waals surface area (Å²) in [7, 11) is 0. The molecule has 4 aromatic rings. The Labute approximate surface area is 219 Å². The van der Waals surface area contributed by atoms with Crippen LogP contribution in [0.25, 0.3) is 0 Å². The molecule has 0 spiro atoms. The molecule has 2 aromatic carbocycles. The van der Waals surface area contributed by atoms with Gasteiger partial charge < -0.3 is 19.9 Å². The molecule has 1 fully saturated rings. The summed E-state index contributed by atoms with van der Waals surface area (Å²) in [6.07, 6.45) is 6.42. The molecule has 0 aliphatic carbocycles. The van der Waals surface area contributed by atoms with E-state index in [1.54, 1.807) is 48.6 Å². The van der Waals surface area contributed by atoms with Gasteiger partial charge in [-0.3, -0.25) is 9.78 Å². The van der Waals surface area contributed by atoms with Crippen molar-refractivity contribution in [2.45, 2.75) is 36.7 Å². The molecule has 8 nitrogen and oxygen atoms in total.